The summed E-state index contributed by atoms with van der Waals surface area (Å²) in [5.74, 6) is 2.97. The number of nitrogens with zero attached hydrogens (tertiary/aromatic N) is 1. The van der Waals surface area contributed by atoms with Gasteiger partial charge in [0.05, 0.1) is 0 Å². The molecule has 2 atom stereocenters. The van der Waals surface area contributed by atoms with E-state index >= 15 is 0 Å². The third-order valence-corrected chi connectivity index (χ3v) is 8.01. The van der Waals surface area contributed by atoms with E-state index in [0.29, 0.717) is 31.0 Å². The number of fused-ring (bicyclic) bond motifs is 1. The molecule has 2 unspecified atom stereocenters. The molecule has 0 aliphatic carbocycles. The molecule has 2 aliphatic rings. The smallest absolute Gasteiger partial charge is 0.231 e. The van der Waals surface area contributed by atoms with Crippen molar-refractivity contribution >= 4 is 11.6 Å². The molecule has 0 amide bonds. The summed E-state index contributed by atoms with van der Waals surface area (Å²) >= 11 is 0. The Morgan fingerprint density at radius 1 is 0.744 bits per heavy atom. The molecule has 1 saturated heterocycles. The molecule has 1 fully saturated rings. The molecular formula is C38H69NO4. The fraction of sp³-hybridized carbons (Fsp3) is 0.789. The highest BCUT2D eigenvalue weighted by atomic mass is 16.7. The van der Waals surface area contributed by atoms with Crippen molar-refractivity contribution in [1.29, 1.82) is 0 Å². The van der Waals surface area contributed by atoms with Crippen LogP contribution in [0.5, 0.6) is 11.5 Å². The molecule has 5 nitrogen and oxygen atoms in total. The second-order valence-corrected chi connectivity index (χ2v) is 12.4. The number of benzene rings is 1. The minimum atomic E-state index is 0.284. The highest BCUT2D eigenvalue weighted by molar-refractivity contribution is 5.75. The van der Waals surface area contributed by atoms with E-state index in [2.05, 4.69) is 65.5 Å². The molecular weight excluding hydrogens is 534 g/mol. The summed E-state index contributed by atoms with van der Waals surface area (Å²) in [7, 11) is 0. The number of ether oxygens (including phenoxy) is 2. The maximum Gasteiger partial charge on any atom is 0.231 e. The molecule has 0 aromatic heterocycles. The number of carbonyl (C=O) groups excluding carboxylic acids is 2. The number of hydrogen-bond acceptors (Lipinski definition) is 5. The fourth-order valence-electron chi connectivity index (χ4n) is 5.51. The van der Waals surface area contributed by atoms with Gasteiger partial charge in [-0.2, -0.15) is 0 Å². The van der Waals surface area contributed by atoms with Gasteiger partial charge in [-0.25, -0.2) is 0 Å². The average Bonchev–Trinajstić information content (AvgIpc) is 3.63. The van der Waals surface area contributed by atoms with Crippen LogP contribution in [0.2, 0.25) is 0 Å². The van der Waals surface area contributed by atoms with Crippen LogP contribution >= 0.6 is 0 Å². The molecule has 2 aliphatic heterocycles. The van der Waals surface area contributed by atoms with E-state index in [1.807, 2.05) is 0 Å². The van der Waals surface area contributed by atoms with Crippen molar-refractivity contribution in [1.82, 2.24) is 4.90 Å². The summed E-state index contributed by atoms with van der Waals surface area (Å²) in [6.07, 6.45) is 18.9. The Kier molecular flexibility index (Phi) is 25.4. The van der Waals surface area contributed by atoms with Gasteiger partial charge in [0.2, 0.25) is 6.79 Å². The van der Waals surface area contributed by atoms with Crippen molar-refractivity contribution in [3.63, 3.8) is 0 Å². The number of rotatable bonds is 16. The van der Waals surface area contributed by atoms with Crippen LogP contribution in [0.4, 0.5) is 0 Å². The van der Waals surface area contributed by atoms with Gasteiger partial charge >= 0.3 is 0 Å². The molecule has 1 aromatic rings. The van der Waals surface area contributed by atoms with E-state index < -0.39 is 0 Å². The van der Waals surface area contributed by atoms with E-state index in [1.165, 1.54) is 75.3 Å². The van der Waals surface area contributed by atoms with E-state index in [9.17, 15) is 9.59 Å². The molecule has 0 saturated carbocycles. The standard InChI is InChI=1S/C21H31NO3.C6H12O.C6H14.C5H12/c1-4-6-16-10-17(12-20-21(16)25-14-24-20)18-11-19(7-5-2)22(13-18)9-8-15(3)23;1-3-4-5-6(2)7;1-3-5-6-4-2;1-3-5-4-2/h10,12,18-19H,4-9,11,13-14H2,1-3H3;3-5H2,1-2H3;3-6H2,1-2H3;3-5H2,1-2H3. The Morgan fingerprint density at radius 2 is 1.35 bits per heavy atom. The largest absolute Gasteiger partial charge is 0.454 e. The van der Waals surface area contributed by atoms with Gasteiger partial charge in [0.1, 0.15) is 11.6 Å². The summed E-state index contributed by atoms with van der Waals surface area (Å²) < 4.78 is 11.4. The van der Waals surface area contributed by atoms with Crippen LogP contribution in [0.15, 0.2) is 12.1 Å². The quantitative estimate of drug-likeness (QED) is 0.176. The Bertz CT molecular complexity index is 847. The minimum absolute atomic E-state index is 0.284. The number of aryl methyl sites for hydroxylation is 1. The molecule has 0 bridgehead atoms. The fourth-order valence-corrected chi connectivity index (χ4v) is 5.51. The first kappa shape index (κ1) is 41.1. The van der Waals surface area contributed by atoms with Gasteiger partial charge in [-0.05, 0) is 62.6 Å². The van der Waals surface area contributed by atoms with Crippen LogP contribution in [-0.2, 0) is 16.0 Å². The molecule has 2 heterocycles. The number of hydrogen-bond donors (Lipinski definition) is 0. The zero-order chi connectivity index (χ0) is 32.5. The first-order valence-corrected chi connectivity index (χ1v) is 17.9. The lowest BCUT2D eigenvalue weighted by atomic mass is 9.92. The maximum atomic E-state index is 11.4. The zero-order valence-corrected chi connectivity index (χ0v) is 29.8. The number of Topliss-reactive ketones (excluding diaryl/α,β-unsaturated/α-hetero) is 2. The zero-order valence-electron chi connectivity index (χ0n) is 29.8. The number of likely N-dealkylation sites (tertiary alicyclic amines) is 1. The van der Waals surface area contributed by atoms with Crippen molar-refractivity contribution in [3.8, 4) is 11.5 Å². The van der Waals surface area contributed by atoms with Crippen LogP contribution in [0.3, 0.4) is 0 Å². The van der Waals surface area contributed by atoms with E-state index in [0.717, 1.165) is 56.7 Å². The van der Waals surface area contributed by atoms with E-state index in [-0.39, 0.29) is 5.78 Å². The van der Waals surface area contributed by atoms with Gasteiger partial charge < -0.3 is 14.3 Å². The molecule has 43 heavy (non-hydrogen) atoms. The molecule has 5 heteroatoms. The Balaban J connectivity index is 0.000000801. The van der Waals surface area contributed by atoms with Gasteiger partial charge in [-0.15, -0.1) is 0 Å². The summed E-state index contributed by atoms with van der Waals surface area (Å²) in [6.45, 7) is 21.0. The van der Waals surface area contributed by atoms with Gasteiger partial charge in [-0.1, -0.05) is 119 Å². The maximum absolute atomic E-state index is 11.4. The molecule has 3 rings (SSSR count). The Morgan fingerprint density at radius 3 is 1.81 bits per heavy atom. The van der Waals surface area contributed by atoms with Crippen molar-refractivity contribution in [3.05, 3.63) is 23.3 Å². The predicted molar refractivity (Wildman–Crippen MR) is 185 cm³/mol. The average molecular weight is 604 g/mol. The Labute approximate surface area is 266 Å². The summed E-state index contributed by atoms with van der Waals surface area (Å²) in [5.41, 5.74) is 2.65. The van der Waals surface area contributed by atoms with Crippen molar-refractivity contribution < 1.29 is 19.1 Å². The highest BCUT2D eigenvalue weighted by Gasteiger charge is 2.33. The molecule has 0 N–H and O–H groups in total. The van der Waals surface area contributed by atoms with Gasteiger partial charge in [-0.3, -0.25) is 9.69 Å². The van der Waals surface area contributed by atoms with Crippen molar-refractivity contribution in [2.75, 3.05) is 19.9 Å². The summed E-state index contributed by atoms with van der Waals surface area (Å²) in [5, 5.41) is 0. The molecule has 0 spiro atoms. The van der Waals surface area contributed by atoms with Crippen LogP contribution in [-0.4, -0.2) is 42.4 Å². The number of unbranched alkanes of at least 4 members (excludes halogenated alkanes) is 6. The van der Waals surface area contributed by atoms with Crippen LogP contribution < -0.4 is 9.47 Å². The van der Waals surface area contributed by atoms with Gasteiger partial charge in [0.15, 0.2) is 11.5 Å². The minimum Gasteiger partial charge on any atom is -0.454 e. The van der Waals surface area contributed by atoms with E-state index in [1.54, 1.807) is 13.8 Å². The van der Waals surface area contributed by atoms with Gasteiger partial charge in [0.25, 0.3) is 0 Å². The topological polar surface area (TPSA) is 55.8 Å². The monoisotopic (exact) mass is 604 g/mol. The second-order valence-electron chi connectivity index (χ2n) is 12.4. The Hall–Kier alpha value is -1.88. The van der Waals surface area contributed by atoms with Gasteiger partial charge in [0, 0.05) is 32.0 Å². The second kappa shape index (κ2) is 26.5. The van der Waals surface area contributed by atoms with Crippen molar-refractivity contribution in [2.24, 2.45) is 0 Å². The molecule has 250 valence electrons. The summed E-state index contributed by atoms with van der Waals surface area (Å²) in [4.78, 5) is 24.1. The lowest BCUT2D eigenvalue weighted by Gasteiger charge is -2.23. The van der Waals surface area contributed by atoms with Crippen LogP contribution in [0, 0.1) is 0 Å². The first-order chi connectivity index (χ1) is 20.7. The summed E-state index contributed by atoms with van der Waals surface area (Å²) in [6, 6.07) is 5.11. The lowest BCUT2D eigenvalue weighted by molar-refractivity contribution is -0.118. The lowest BCUT2D eigenvalue weighted by Crippen LogP contribution is -2.31. The SMILES string of the molecule is CCCCC.CCCCC(C)=O.CCCCCC.CCCc1cc(C2CC(CCC)N(CCC(C)=O)C2)cc2c1OCO2. The molecule has 1 aromatic carbocycles. The normalized spacial score (nSPS) is 16.8. The predicted octanol–water partition coefficient (Wildman–Crippen LogP) is 10.9. The number of ketones is 2. The third-order valence-electron chi connectivity index (χ3n) is 8.01. The third kappa shape index (κ3) is 18.5. The van der Waals surface area contributed by atoms with E-state index in [4.69, 9.17) is 9.47 Å². The molecule has 0 radical (unpaired) electrons. The highest BCUT2D eigenvalue weighted by Crippen LogP contribution is 2.42. The first-order valence-electron chi connectivity index (χ1n) is 17.9. The van der Waals surface area contributed by atoms with Crippen LogP contribution in [0.25, 0.3) is 0 Å². The number of carbonyl (C=O) groups is 2. The van der Waals surface area contributed by atoms with Crippen LogP contribution in [0.1, 0.15) is 176 Å². The van der Waals surface area contributed by atoms with Crippen molar-refractivity contribution in [2.45, 2.75) is 177 Å².